The fraction of sp³-hybridized carbons (Fsp3) is 1.00. The van der Waals surface area contributed by atoms with Crippen LogP contribution < -0.4 is 0 Å². The Labute approximate surface area is 63.5 Å². The fourth-order valence-electron chi connectivity index (χ4n) is 0. The largest absolute Gasteiger partial charge is 0.245 e. The zero-order valence-corrected chi connectivity index (χ0v) is 7.83. The maximum Gasteiger partial charge on any atom is 0.245 e. The zero-order chi connectivity index (χ0) is 4.50. The van der Waals surface area contributed by atoms with Crippen LogP contribution in [0.2, 0.25) is 13.1 Å². The molecule has 0 aliphatic rings. The molecule has 0 aliphatic heterocycles. The maximum atomic E-state index is 5.43. The summed E-state index contributed by atoms with van der Waals surface area (Å²) in [6.07, 6.45) is 0. The van der Waals surface area contributed by atoms with E-state index in [1.807, 2.05) is 13.1 Å². The molecule has 0 unspecified atom stereocenters. The van der Waals surface area contributed by atoms with E-state index in [0.29, 0.717) is 0 Å². The first-order valence-electron chi connectivity index (χ1n) is 1.38. The minimum Gasteiger partial charge on any atom is -0.146 e. The van der Waals surface area contributed by atoms with E-state index >= 15 is 0 Å². The molecule has 0 saturated heterocycles. The topological polar surface area (TPSA) is 0 Å². The van der Waals surface area contributed by atoms with Gasteiger partial charge in [0.05, 0.1) is 0 Å². The van der Waals surface area contributed by atoms with Crippen molar-refractivity contribution in [3.05, 3.63) is 0 Å². The van der Waals surface area contributed by atoms with Gasteiger partial charge in [-0.3, -0.25) is 0 Å². The zero-order valence-electron chi connectivity index (χ0n) is 3.76. The van der Waals surface area contributed by atoms with Gasteiger partial charge in [0.1, 0.15) is 0 Å². The summed E-state index contributed by atoms with van der Waals surface area (Å²) in [7, 11) is 0. The molecule has 0 bridgehead atoms. The van der Waals surface area contributed by atoms with Crippen LogP contribution in [0.1, 0.15) is 0 Å². The third-order valence-corrected chi connectivity index (χ3v) is 0. The first-order chi connectivity index (χ1) is 2.00. The molecule has 4 heteroatoms. The van der Waals surface area contributed by atoms with Crippen molar-refractivity contribution >= 4 is 28.9 Å². The molecule has 0 aromatic heterocycles. The second-order valence-corrected chi connectivity index (χ2v) is 10.2. The molecule has 0 N–H and O–H groups in total. The van der Waals surface area contributed by atoms with E-state index in [2.05, 4.69) is 0 Å². The Morgan fingerprint density at radius 1 is 1.17 bits per heavy atom. The van der Waals surface area contributed by atoms with Crippen molar-refractivity contribution in [2.75, 3.05) is 0 Å². The van der Waals surface area contributed by atoms with Crippen LogP contribution in [-0.4, -0.2) is 6.69 Å². The van der Waals surface area contributed by atoms with Crippen molar-refractivity contribution in [3.8, 4) is 0 Å². The second-order valence-electron chi connectivity index (χ2n) is 1.33. The first kappa shape index (κ1) is 10.5. The van der Waals surface area contributed by atoms with Crippen LogP contribution >= 0.6 is 22.2 Å². The molecule has 0 aromatic rings. The molecule has 0 fully saturated rings. The van der Waals surface area contributed by atoms with Crippen LogP contribution in [-0.2, 0) is 21.7 Å². The van der Waals surface area contributed by atoms with Crippen molar-refractivity contribution in [2.24, 2.45) is 0 Å². The predicted molar refractivity (Wildman–Crippen MR) is 29.2 cm³/mol. The normalized spacial score (nSPS) is 10.0. The van der Waals surface area contributed by atoms with Crippen molar-refractivity contribution in [1.29, 1.82) is 0 Å². The van der Waals surface area contributed by atoms with Crippen LogP contribution in [0.3, 0.4) is 0 Å². The van der Waals surface area contributed by atoms with Gasteiger partial charge in [-0.1, -0.05) is 0 Å². The van der Waals surface area contributed by atoms with E-state index < -0.39 is 6.69 Å². The molecule has 0 saturated carbocycles. The van der Waals surface area contributed by atoms with Gasteiger partial charge < -0.3 is 0 Å². The monoisotopic (exact) mass is 176 g/mol. The summed E-state index contributed by atoms with van der Waals surface area (Å²) < 4.78 is 0. The Hall–Kier alpha value is 1.51. The molecule has 0 rings (SSSR count). The van der Waals surface area contributed by atoms with E-state index in [1.165, 1.54) is 0 Å². The summed E-state index contributed by atoms with van der Waals surface area (Å²) in [6, 6.07) is 0. The quantitative estimate of drug-likeness (QED) is 0.392. The summed E-state index contributed by atoms with van der Waals surface area (Å²) in [5, 5.41) is 0. The summed E-state index contributed by atoms with van der Waals surface area (Å²) in [5.41, 5.74) is 0. The Morgan fingerprint density at radius 2 is 1.17 bits per heavy atom. The van der Waals surface area contributed by atoms with Gasteiger partial charge in [-0.15, -0.1) is 22.2 Å². The molecule has 0 amide bonds. The van der Waals surface area contributed by atoms with E-state index in [4.69, 9.17) is 22.2 Å². The van der Waals surface area contributed by atoms with E-state index in [0.717, 1.165) is 0 Å². The van der Waals surface area contributed by atoms with Gasteiger partial charge in [0.2, 0.25) is 6.69 Å². The molecule has 0 atom stereocenters. The minimum absolute atomic E-state index is 0. The van der Waals surface area contributed by atoms with Gasteiger partial charge in [-0.2, -0.15) is 0 Å². The molecule has 0 heterocycles. The van der Waals surface area contributed by atoms with Gasteiger partial charge in [0.25, 0.3) is 0 Å². The average molecular weight is 177 g/mol. The average Bonchev–Trinajstić information content (AvgIpc) is 0.722. The molecule has 36 valence electrons. The maximum absolute atomic E-state index is 5.43. The summed E-state index contributed by atoms with van der Waals surface area (Å²) >= 11 is 10.9. The molecule has 0 aromatic carbocycles. The van der Waals surface area contributed by atoms with E-state index in [1.54, 1.807) is 0 Å². The van der Waals surface area contributed by atoms with Crippen LogP contribution in [0, 0.1) is 0 Å². The van der Waals surface area contributed by atoms with E-state index in [-0.39, 0.29) is 21.7 Å². The third-order valence-electron chi connectivity index (χ3n) is 0. The number of rotatable bonds is 0. The van der Waals surface area contributed by atoms with Crippen LogP contribution in [0.25, 0.3) is 0 Å². The van der Waals surface area contributed by atoms with Crippen LogP contribution in [0.4, 0.5) is 0 Å². The fourth-order valence-corrected chi connectivity index (χ4v) is 0. The van der Waals surface area contributed by atoms with Gasteiger partial charge in [-0.25, -0.2) is 0 Å². The minimum atomic E-state index is -1.67. The molecule has 0 radical (unpaired) electrons. The van der Waals surface area contributed by atoms with Crippen molar-refractivity contribution in [2.45, 2.75) is 13.1 Å². The van der Waals surface area contributed by atoms with E-state index in [9.17, 15) is 0 Å². The standard InChI is InChI=1S/C2H6Cl2Si.Ti/c1-5(2,3)4;/h1-2H3;. The van der Waals surface area contributed by atoms with Gasteiger partial charge in [0.15, 0.2) is 0 Å². The van der Waals surface area contributed by atoms with Crippen molar-refractivity contribution < 1.29 is 21.7 Å². The molecular weight excluding hydrogens is 171 g/mol. The molecule has 0 nitrogen and oxygen atoms in total. The molecule has 6 heavy (non-hydrogen) atoms. The van der Waals surface area contributed by atoms with Gasteiger partial charge in [-0.05, 0) is 13.1 Å². The molecular formula is C2H6Cl2SiTi. The summed E-state index contributed by atoms with van der Waals surface area (Å²) in [5.74, 6) is 0. The number of hydrogen-bond acceptors (Lipinski definition) is 0. The summed E-state index contributed by atoms with van der Waals surface area (Å²) in [4.78, 5) is 0. The van der Waals surface area contributed by atoms with Crippen LogP contribution in [0.5, 0.6) is 0 Å². The number of halogens is 2. The summed E-state index contributed by atoms with van der Waals surface area (Å²) in [6.45, 7) is 2.05. The van der Waals surface area contributed by atoms with Crippen molar-refractivity contribution in [1.82, 2.24) is 0 Å². The number of hydrogen-bond donors (Lipinski definition) is 0. The molecule has 0 spiro atoms. The Kier molecular flexibility index (Phi) is 6.13. The van der Waals surface area contributed by atoms with Gasteiger partial charge in [0, 0.05) is 21.7 Å². The smallest absolute Gasteiger partial charge is 0.146 e. The second kappa shape index (κ2) is 3.51. The predicted octanol–water partition coefficient (Wildman–Crippen LogP) is 2.16. The van der Waals surface area contributed by atoms with Gasteiger partial charge >= 0.3 is 0 Å². The SMILES string of the molecule is C[Si](C)(Cl)Cl.[Ti]. The Balaban J connectivity index is 0. The van der Waals surface area contributed by atoms with Crippen LogP contribution in [0.15, 0.2) is 0 Å². The first-order valence-corrected chi connectivity index (χ1v) is 6.40. The molecule has 0 aliphatic carbocycles. The van der Waals surface area contributed by atoms with Crippen molar-refractivity contribution in [3.63, 3.8) is 0 Å². The Bertz CT molecular complexity index is 27.0. The third kappa shape index (κ3) is 49.1. The Morgan fingerprint density at radius 3 is 1.17 bits per heavy atom.